The largest absolute Gasteiger partial charge is 0.496 e. The fourth-order valence-corrected chi connectivity index (χ4v) is 3.18. The van der Waals surface area contributed by atoms with Crippen LogP contribution in [-0.4, -0.2) is 26.3 Å². The normalized spacial score (nSPS) is 12.2. The highest BCUT2D eigenvalue weighted by atomic mass is 79.9. The smallest absolute Gasteiger partial charge is 0.136 e. The molecule has 20 heavy (non-hydrogen) atoms. The zero-order valence-corrected chi connectivity index (χ0v) is 14.3. The van der Waals surface area contributed by atoms with Gasteiger partial charge in [0, 0.05) is 17.0 Å². The molecule has 2 aromatic rings. The van der Waals surface area contributed by atoms with Crippen LogP contribution in [0.4, 0.5) is 0 Å². The molecule has 1 heterocycles. The number of benzene rings is 1. The molecule has 0 fully saturated rings. The van der Waals surface area contributed by atoms with Crippen molar-refractivity contribution in [1.29, 1.82) is 0 Å². The van der Waals surface area contributed by atoms with Gasteiger partial charge in [0.15, 0.2) is 0 Å². The van der Waals surface area contributed by atoms with Crippen LogP contribution >= 0.6 is 27.3 Å². The van der Waals surface area contributed by atoms with Gasteiger partial charge in [0.05, 0.1) is 30.4 Å². The molecule has 0 saturated heterocycles. The summed E-state index contributed by atoms with van der Waals surface area (Å²) < 4.78 is 11.6. The summed E-state index contributed by atoms with van der Waals surface area (Å²) in [5.74, 6) is 1.49. The van der Waals surface area contributed by atoms with Crippen molar-refractivity contribution in [2.45, 2.75) is 13.0 Å². The van der Waals surface area contributed by atoms with Crippen molar-refractivity contribution in [2.24, 2.45) is 0 Å². The molecular weight excluding hydrogens is 340 g/mol. The van der Waals surface area contributed by atoms with Crippen molar-refractivity contribution >= 4 is 27.3 Å². The molecule has 0 aliphatic rings. The lowest BCUT2D eigenvalue weighted by Crippen LogP contribution is -2.11. The number of nitrogens with zero attached hydrogens (tertiary/aromatic N) is 1. The van der Waals surface area contributed by atoms with Gasteiger partial charge in [-0.2, -0.15) is 0 Å². The van der Waals surface area contributed by atoms with Gasteiger partial charge in [0.1, 0.15) is 16.5 Å². The number of rotatable bonds is 5. The van der Waals surface area contributed by atoms with Gasteiger partial charge < -0.3 is 14.8 Å². The number of halogens is 1. The van der Waals surface area contributed by atoms with E-state index in [1.54, 1.807) is 25.6 Å². The second kappa shape index (κ2) is 6.56. The first kappa shape index (κ1) is 15.3. The van der Waals surface area contributed by atoms with Crippen LogP contribution in [0, 0.1) is 0 Å². The first-order valence-electron chi connectivity index (χ1n) is 6.15. The minimum Gasteiger partial charge on any atom is -0.496 e. The van der Waals surface area contributed by atoms with Crippen molar-refractivity contribution in [2.75, 3.05) is 21.3 Å². The monoisotopic (exact) mass is 356 g/mol. The van der Waals surface area contributed by atoms with E-state index >= 15 is 0 Å². The lowest BCUT2D eigenvalue weighted by molar-refractivity contribution is 0.393. The van der Waals surface area contributed by atoms with Crippen molar-refractivity contribution < 1.29 is 9.47 Å². The fourth-order valence-electron chi connectivity index (χ4n) is 1.79. The first-order valence-corrected chi connectivity index (χ1v) is 7.82. The van der Waals surface area contributed by atoms with Gasteiger partial charge in [-0.05, 0) is 36.0 Å². The van der Waals surface area contributed by atoms with E-state index in [0.717, 1.165) is 32.2 Å². The van der Waals surface area contributed by atoms with Crippen molar-refractivity contribution in [3.63, 3.8) is 0 Å². The van der Waals surface area contributed by atoms with Crippen molar-refractivity contribution in [3.8, 4) is 22.8 Å². The maximum absolute atomic E-state index is 5.44. The lowest BCUT2D eigenvalue weighted by atomic mass is 10.1. The second-order valence-electron chi connectivity index (χ2n) is 4.27. The predicted octanol–water partition coefficient (Wildman–Crippen LogP) is 3.87. The molecule has 0 radical (unpaired) electrons. The summed E-state index contributed by atoms with van der Waals surface area (Å²) in [5, 5.41) is 6.29. The first-order chi connectivity index (χ1) is 9.60. The van der Waals surface area contributed by atoms with E-state index in [2.05, 4.69) is 33.2 Å². The fraction of sp³-hybridized carbons (Fsp3) is 0.357. The van der Waals surface area contributed by atoms with Gasteiger partial charge in [-0.3, -0.25) is 0 Å². The maximum atomic E-state index is 5.44. The third-order valence-corrected chi connectivity index (χ3v) is 4.72. The lowest BCUT2D eigenvalue weighted by Gasteiger charge is -2.11. The molecule has 0 bridgehead atoms. The molecule has 1 aromatic carbocycles. The molecule has 108 valence electrons. The summed E-state index contributed by atoms with van der Waals surface area (Å²) in [7, 11) is 5.21. The molecule has 0 aliphatic carbocycles. The van der Waals surface area contributed by atoms with Crippen molar-refractivity contribution in [3.05, 3.63) is 27.0 Å². The Labute approximate surface area is 131 Å². The molecule has 0 saturated carbocycles. The van der Waals surface area contributed by atoms with Crippen LogP contribution in [0.3, 0.4) is 0 Å². The Kier molecular flexibility index (Phi) is 5.01. The molecule has 6 heteroatoms. The number of ether oxygens (including phenoxy) is 2. The summed E-state index contributed by atoms with van der Waals surface area (Å²) in [6.45, 7) is 2.09. The average molecular weight is 357 g/mol. The predicted molar refractivity (Wildman–Crippen MR) is 85.8 cm³/mol. The van der Waals surface area contributed by atoms with Crippen LogP contribution in [-0.2, 0) is 0 Å². The Balaban J connectivity index is 2.46. The Morgan fingerprint density at radius 2 is 1.95 bits per heavy atom. The Morgan fingerprint density at radius 3 is 2.55 bits per heavy atom. The van der Waals surface area contributed by atoms with Crippen LogP contribution in [0.5, 0.6) is 11.5 Å². The van der Waals surface area contributed by atoms with Gasteiger partial charge in [-0.15, -0.1) is 11.3 Å². The van der Waals surface area contributed by atoms with Gasteiger partial charge in [-0.25, -0.2) is 4.98 Å². The Hall–Kier alpha value is -1.11. The summed E-state index contributed by atoms with van der Waals surface area (Å²) in [4.78, 5) is 4.67. The van der Waals surface area contributed by atoms with Crippen molar-refractivity contribution in [1.82, 2.24) is 10.3 Å². The summed E-state index contributed by atoms with van der Waals surface area (Å²) >= 11 is 5.14. The molecule has 0 spiro atoms. The van der Waals surface area contributed by atoms with Crippen LogP contribution in [0.25, 0.3) is 11.3 Å². The molecule has 1 aromatic heterocycles. The molecule has 1 atom stereocenters. The number of thiazole rings is 1. The standard InChI is InChI=1S/C14H17BrN2O2S/c1-8(16-2)14-17-11(7-20-14)9-5-10(15)13(19-4)6-12(9)18-3/h5-8,16H,1-4H3. The minimum absolute atomic E-state index is 0.237. The van der Waals surface area contributed by atoms with E-state index < -0.39 is 0 Å². The quantitative estimate of drug-likeness (QED) is 0.882. The van der Waals surface area contributed by atoms with Gasteiger partial charge in [-0.1, -0.05) is 0 Å². The topological polar surface area (TPSA) is 43.4 Å². The molecule has 2 rings (SSSR count). The molecule has 4 nitrogen and oxygen atoms in total. The number of nitrogens with one attached hydrogen (secondary N) is 1. The van der Waals surface area contributed by atoms with Gasteiger partial charge in [0.25, 0.3) is 0 Å². The number of methoxy groups -OCH3 is 2. The molecule has 1 N–H and O–H groups in total. The molecule has 0 aliphatic heterocycles. The van der Waals surface area contributed by atoms with Crippen LogP contribution in [0.1, 0.15) is 18.0 Å². The number of aromatic nitrogens is 1. The van der Waals surface area contributed by atoms with E-state index in [1.165, 1.54) is 0 Å². The van der Waals surface area contributed by atoms with Crippen LogP contribution in [0.2, 0.25) is 0 Å². The summed E-state index contributed by atoms with van der Waals surface area (Å²) in [6, 6.07) is 4.07. The molecule has 0 amide bonds. The number of hydrogen-bond donors (Lipinski definition) is 1. The minimum atomic E-state index is 0.237. The number of hydrogen-bond acceptors (Lipinski definition) is 5. The summed E-state index contributed by atoms with van der Waals surface area (Å²) in [6.07, 6.45) is 0. The van der Waals surface area contributed by atoms with E-state index in [0.29, 0.717) is 0 Å². The SMILES string of the molecule is CNC(C)c1nc(-c2cc(Br)c(OC)cc2OC)cs1. The van der Waals surface area contributed by atoms with E-state index in [-0.39, 0.29) is 6.04 Å². The highest BCUT2D eigenvalue weighted by molar-refractivity contribution is 9.10. The zero-order valence-electron chi connectivity index (χ0n) is 11.9. The van der Waals surface area contributed by atoms with Crippen LogP contribution in [0.15, 0.2) is 22.0 Å². The van der Waals surface area contributed by atoms with Gasteiger partial charge in [0.2, 0.25) is 0 Å². The zero-order chi connectivity index (χ0) is 14.7. The maximum Gasteiger partial charge on any atom is 0.136 e. The highest BCUT2D eigenvalue weighted by Crippen LogP contribution is 2.39. The van der Waals surface area contributed by atoms with Crippen LogP contribution < -0.4 is 14.8 Å². The molecular formula is C14H17BrN2O2S. The molecule has 1 unspecified atom stereocenters. The average Bonchev–Trinajstić information content (AvgIpc) is 2.95. The Morgan fingerprint density at radius 1 is 1.25 bits per heavy atom. The van der Waals surface area contributed by atoms with E-state index in [4.69, 9.17) is 9.47 Å². The van der Waals surface area contributed by atoms with E-state index in [1.807, 2.05) is 24.6 Å². The highest BCUT2D eigenvalue weighted by Gasteiger charge is 2.15. The Bertz CT molecular complexity index is 601. The van der Waals surface area contributed by atoms with E-state index in [9.17, 15) is 0 Å². The van der Waals surface area contributed by atoms with Gasteiger partial charge >= 0.3 is 0 Å². The third-order valence-electron chi connectivity index (χ3n) is 3.08. The summed E-state index contributed by atoms with van der Waals surface area (Å²) in [5.41, 5.74) is 1.86. The second-order valence-corrected chi connectivity index (χ2v) is 6.01. The third kappa shape index (κ3) is 2.97.